The number of benzene rings is 2. The van der Waals surface area contributed by atoms with Gasteiger partial charge in [0.25, 0.3) is 0 Å². The molecule has 1 fully saturated rings. The second kappa shape index (κ2) is 10.1. The summed E-state index contributed by atoms with van der Waals surface area (Å²) in [4.78, 5) is 6.87. The molecule has 0 bridgehead atoms. The predicted octanol–water partition coefficient (Wildman–Crippen LogP) is 3.63. The largest absolute Gasteiger partial charge is 0.507 e. The summed E-state index contributed by atoms with van der Waals surface area (Å²) in [5.74, 6) is 0.871. The highest BCUT2D eigenvalue weighted by atomic mass is 16.5. The van der Waals surface area contributed by atoms with Crippen LogP contribution in [-0.4, -0.2) is 49.1 Å². The highest BCUT2D eigenvalue weighted by Crippen LogP contribution is 2.22. The molecular weight excluding hydrogens is 340 g/mol. The van der Waals surface area contributed by atoms with Crippen LogP contribution in [0.1, 0.15) is 30.0 Å². The minimum Gasteiger partial charge on any atom is -0.507 e. The van der Waals surface area contributed by atoms with Crippen LogP contribution in [0, 0.1) is 0 Å². The number of hydrogen-bond donors (Lipinski definition) is 1. The van der Waals surface area contributed by atoms with Gasteiger partial charge in [0.1, 0.15) is 11.5 Å². The lowest BCUT2D eigenvalue weighted by Crippen LogP contribution is -2.35. The predicted molar refractivity (Wildman–Crippen MR) is 108 cm³/mol. The van der Waals surface area contributed by atoms with Crippen LogP contribution >= 0.6 is 0 Å². The van der Waals surface area contributed by atoms with Gasteiger partial charge in [-0.1, -0.05) is 31.2 Å². The SMILES string of the molecule is CCCOc1ccc(C=NCc2ccc(CN3CCOCC3)cc2)c(O)c1. The highest BCUT2D eigenvalue weighted by Gasteiger charge is 2.10. The molecule has 0 spiro atoms. The van der Waals surface area contributed by atoms with Crippen LogP contribution in [0.2, 0.25) is 0 Å². The molecule has 1 N–H and O–H groups in total. The quantitative estimate of drug-likeness (QED) is 0.723. The van der Waals surface area contributed by atoms with Crippen molar-refractivity contribution >= 4 is 6.21 Å². The first-order valence-corrected chi connectivity index (χ1v) is 9.58. The highest BCUT2D eigenvalue weighted by molar-refractivity contribution is 5.83. The zero-order chi connectivity index (χ0) is 18.9. The van der Waals surface area contributed by atoms with Gasteiger partial charge in [0, 0.05) is 37.5 Å². The molecule has 1 saturated heterocycles. The van der Waals surface area contributed by atoms with Crippen molar-refractivity contribution < 1.29 is 14.6 Å². The molecule has 1 aliphatic rings. The van der Waals surface area contributed by atoms with Crippen molar-refractivity contribution in [2.45, 2.75) is 26.4 Å². The first kappa shape index (κ1) is 19.4. The number of morpholine rings is 1. The molecular formula is C22H28N2O3. The fraction of sp³-hybridized carbons (Fsp3) is 0.409. The van der Waals surface area contributed by atoms with Gasteiger partial charge >= 0.3 is 0 Å². The number of nitrogens with zero attached hydrogens (tertiary/aromatic N) is 2. The third-order valence-electron chi connectivity index (χ3n) is 4.51. The lowest BCUT2D eigenvalue weighted by Gasteiger charge is -2.26. The maximum Gasteiger partial charge on any atom is 0.128 e. The molecule has 1 aliphatic heterocycles. The van der Waals surface area contributed by atoms with Gasteiger partial charge in [-0.25, -0.2) is 0 Å². The summed E-state index contributed by atoms with van der Waals surface area (Å²) in [6, 6.07) is 13.9. The van der Waals surface area contributed by atoms with Crippen LogP contribution in [-0.2, 0) is 17.8 Å². The van der Waals surface area contributed by atoms with Crippen LogP contribution < -0.4 is 4.74 Å². The molecule has 0 saturated carbocycles. The summed E-state index contributed by atoms with van der Waals surface area (Å²) in [7, 11) is 0. The van der Waals surface area contributed by atoms with Crippen molar-refractivity contribution in [3.8, 4) is 11.5 Å². The second-order valence-corrected chi connectivity index (χ2v) is 6.74. The molecule has 5 heteroatoms. The smallest absolute Gasteiger partial charge is 0.128 e. The van der Waals surface area contributed by atoms with Crippen molar-refractivity contribution in [2.75, 3.05) is 32.9 Å². The lowest BCUT2D eigenvalue weighted by molar-refractivity contribution is 0.0342. The van der Waals surface area contributed by atoms with E-state index < -0.39 is 0 Å². The molecule has 0 radical (unpaired) electrons. The molecule has 0 aromatic heterocycles. The third-order valence-corrected chi connectivity index (χ3v) is 4.51. The summed E-state index contributed by atoms with van der Waals surface area (Å²) in [5.41, 5.74) is 3.16. The minimum atomic E-state index is 0.188. The van der Waals surface area contributed by atoms with E-state index in [1.54, 1.807) is 12.3 Å². The van der Waals surface area contributed by atoms with E-state index >= 15 is 0 Å². The average molecular weight is 368 g/mol. The molecule has 144 valence electrons. The molecule has 2 aromatic carbocycles. The Morgan fingerprint density at radius 2 is 1.85 bits per heavy atom. The summed E-state index contributed by atoms with van der Waals surface area (Å²) < 4.78 is 10.9. The van der Waals surface area contributed by atoms with E-state index in [2.05, 4.69) is 41.1 Å². The van der Waals surface area contributed by atoms with Gasteiger partial charge < -0.3 is 14.6 Å². The Morgan fingerprint density at radius 1 is 1.11 bits per heavy atom. The van der Waals surface area contributed by atoms with Gasteiger partial charge in [-0.05, 0) is 29.7 Å². The summed E-state index contributed by atoms with van der Waals surface area (Å²) in [6.45, 7) is 7.90. The van der Waals surface area contributed by atoms with Gasteiger partial charge in [-0.3, -0.25) is 9.89 Å². The van der Waals surface area contributed by atoms with Crippen molar-refractivity contribution in [3.63, 3.8) is 0 Å². The standard InChI is InChI=1S/C22H28N2O3/c1-2-11-27-21-8-7-20(22(25)14-21)16-23-15-18-3-5-19(6-4-18)17-24-9-12-26-13-10-24/h3-8,14,16,25H,2,9-13,15,17H2,1H3. The van der Waals surface area contributed by atoms with E-state index in [4.69, 9.17) is 9.47 Å². The van der Waals surface area contributed by atoms with Crippen LogP contribution in [0.3, 0.4) is 0 Å². The molecule has 27 heavy (non-hydrogen) atoms. The van der Waals surface area contributed by atoms with Crippen molar-refractivity contribution in [2.24, 2.45) is 4.99 Å². The number of aliphatic imine (C=N–C) groups is 1. The molecule has 0 unspecified atom stereocenters. The van der Waals surface area contributed by atoms with Crippen molar-refractivity contribution in [3.05, 3.63) is 59.2 Å². The zero-order valence-electron chi connectivity index (χ0n) is 15.9. The number of rotatable bonds is 8. The number of hydrogen-bond acceptors (Lipinski definition) is 5. The fourth-order valence-corrected chi connectivity index (χ4v) is 2.96. The maximum atomic E-state index is 10.1. The molecule has 2 aromatic rings. The normalized spacial score (nSPS) is 15.3. The molecule has 0 atom stereocenters. The topological polar surface area (TPSA) is 54.3 Å². The third kappa shape index (κ3) is 6.08. The first-order valence-electron chi connectivity index (χ1n) is 9.58. The van der Waals surface area contributed by atoms with Crippen LogP contribution in [0.15, 0.2) is 47.5 Å². The van der Waals surface area contributed by atoms with Gasteiger partial charge in [0.2, 0.25) is 0 Å². The van der Waals surface area contributed by atoms with Crippen molar-refractivity contribution in [1.29, 1.82) is 0 Å². The Hall–Kier alpha value is -2.37. The van der Waals surface area contributed by atoms with Crippen LogP contribution in [0.4, 0.5) is 0 Å². The van der Waals surface area contributed by atoms with E-state index in [9.17, 15) is 5.11 Å². The summed E-state index contributed by atoms with van der Waals surface area (Å²) >= 11 is 0. The monoisotopic (exact) mass is 368 g/mol. The molecule has 0 amide bonds. The zero-order valence-corrected chi connectivity index (χ0v) is 15.9. The van der Waals surface area contributed by atoms with Crippen LogP contribution in [0.25, 0.3) is 0 Å². The number of aromatic hydroxyl groups is 1. The first-order chi connectivity index (χ1) is 13.2. The molecule has 0 aliphatic carbocycles. The Labute approximate surface area is 161 Å². The van der Waals surface area contributed by atoms with Crippen LogP contribution in [0.5, 0.6) is 11.5 Å². The molecule has 3 rings (SSSR count). The van der Waals surface area contributed by atoms with Crippen molar-refractivity contribution in [1.82, 2.24) is 4.90 Å². The Kier molecular flexibility index (Phi) is 7.25. The number of phenols is 1. The number of ether oxygens (including phenoxy) is 2. The lowest BCUT2D eigenvalue weighted by atomic mass is 10.1. The molecule has 5 nitrogen and oxygen atoms in total. The van der Waals surface area contributed by atoms with E-state index in [0.717, 1.165) is 44.8 Å². The van der Waals surface area contributed by atoms with E-state index in [1.807, 2.05) is 12.1 Å². The van der Waals surface area contributed by atoms with Gasteiger partial charge in [0.15, 0.2) is 0 Å². The summed E-state index contributed by atoms with van der Waals surface area (Å²) in [6.07, 6.45) is 2.65. The van der Waals surface area contributed by atoms with Gasteiger partial charge in [-0.2, -0.15) is 0 Å². The van der Waals surface area contributed by atoms with Gasteiger partial charge in [0.05, 0.1) is 26.4 Å². The fourth-order valence-electron chi connectivity index (χ4n) is 2.96. The average Bonchev–Trinajstić information content (AvgIpc) is 2.70. The van der Waals surface area contributed by atoms with E-state index in [-0.39, 0.29) is 5.75 Å². The molecule has 1 heterocycles. The Morgan fingerprint density at radius 3 is 2.56 bits per heavy atom. The Bertz CT molecular complexity index is 738. The van der Waals surface area contributed by atoms with E-state index in [0.29, 0.717) is 24.5 Å². The van der Waals surface area contributed by atoms with E-state index in [1.165, 1.54) is 5.56 Å². The second-order valence-electron chi connectivity index (χ2n) is 6.74. The summed E-state index contributed by atoms with van der Waals surface area (Å²) in [5, 5.41) is 10.1. The Balaban J connectivity index is 1.51. The maximum absolute atomic E-state index is 10.1. The number of phenolic OH excluding ortho intramolecular Hbond substituents is 1. The van der Waals surface area contributed by atoms with Gasteiger partial charge in [-0.15, -0.1) is 0 Å². The minimum absolute atomic E-state index is 0.188.